The lowest BCUT2D eigenvalue weighted by Crippen LogP contribution is -2.57. The van der Waals surface area contributed by atoms with E-state index in [0.29, 0.717) is 4.99 Å². The predicted molar refractivity (Wildman–Crippen MR) is 85.9 cm³/mol. The number of aromatic hydroxyl groups is 1. The zero-order valence-electron chi connectivity index (χ0n) is 11.0. The molecule has 1 aromatic carbocycles. The van der Waals surface area contributed by atoms with Crippen molar-refractivity contribution in [2.45, 2.75) is 37.6 Å². The van der Waals surface area contributed by atoms with Gasteiger partial charge < -0.3 is 16.2 Å². The van der Waals surface area contributed by atoms with Crippen molar-refractivity contribution < 1.29 is 9.90 Å². The standard InChI is InChI=1S/C14H17BrN2O2S/c15-9-4-5-11(18)10(8-9)12(19)17-14(13(16)20)6-2-1-3-7-14/h4-5,8,18H,1-3,6-7H2,(H2,16,20)(H,17,19). The number of rotatable bonds is 3. The van der Waals surface area contributed by atoms with Gasteiger partial charge in [-0.25, -0.2) is 0 Å². The van der Waals surface area contributed by atoms with Gasteiger partial charge in [0.25, 0.3) is 5.91 Å². The average molecular weight is 357 g/mol. The molecule has 0 atom stereocenters. The van der Waals surface area contributed by atoms with E-state index in [4.69, 9.17) is 18.0 Å². The first-order chi connectivity index (χ1) is 9.44. The van der Waals surface area contributed by atoms with Crippen LogP contribution in [0.1, 0.15) is 42.5 Å². The Hall–Kier alpha value is -1.14. The number of benzene rings is 1. The molecule has 4 nitrogen and oxygen atoms in total. The van der Waals surface area contributed by atoms with Gasteiger partial charge in [0.1, 0.15) is 5.75 Å². The van der Waals surface area contributed by atoms with Gasteiger partial charge in [-0.15, -0.1) is 0 Å². The Balaban J connectivity index is 2.24. The predicted octanol–water partition coefficient (Wildman–Crippen LogP) is 2.87. The van der Waals surface area contributed by atoms with E-state index in [2.05, 4.69) is 21.2 Å². The van der Waals surface area contributed by atoms with Crippen LogP contribution < -0.4 is 11.1 Å². The smallest absolute Gasteiger partial charge is 0.255 e. The number of nitrogens with two attached hydrogens (primary N) is 1. The van der Waals surface area contributed by atoms with Crippen molar-refractivity contribution in [2.75, 3.05) is 0 Å². The van der Waals surface area contributed by atoms with Crippen LogP contribution in [-0.4, -0.2) is 21.5 Å². The number of hydrogen-bond acceptors (Lipinski definition) is 3. The molecular formula is C14H17BrN2O2S. The molecule has 1 aliphatic carbocycles. The van der Waals surface area contributed by atoms with E-state index in [1.165, 1.54) is 6.07 Å². The fourth-order valence-corrected chi connectivity index (χ4v) is 3.18. The third kappa shape index (κ3) is 3.12. The van der Waals surface area contributed by atoms with Crippen molar-refractivity contribution in [1.29, 1.82) is 0 Å². The molecule has 2 rings (SSSR count). The number of phenols is 1. The van der Waals surface area contributed by atoms with E-state index in [9.17, 15) is 9.90 Å². The molecule has 1 aliphatic rings. The van der Waals surface area contributed by atoms with Crippen molar-refractivity contribution >= 4 is 39.0 Å². The molecule has 1 saturated carbocycles. The first-order valence-electron chi connectivity index (χ1n) is 6.55. The van der Waals surface area contributed by atoms with Crippen LogP contribution in [-0.2, 0) is 0 Å². The molecule has 0 spiro atoms. The second-order valence-corrected chi connectivity index (χ2v) is 6.48. The number of phenolic OH excluding ortho intramolecular Hbond substituents is 1. The summed E-state index contributed by atoms with van der Waals surface area (Å²) in [6.45, 7) is 0. The molecule has 1 aromatic rings. The summed E-state index contributed by atoms with van der Waals surface area (Å²) in [7, 11) is 0. The third-order valence-corrected chi connectivity index (χ3v) is 4.62. The zero-order valence-corrected chi connectivity index (χ0v) is 13.4. The number of hydrogen-bond donors (Lipinski definition) is 3. The van der Waals surface area contributed by atoms with E-state index in [0.717, 1.165) is 36.6 Å². The van der Waals surface area contributed by atoms with Crippen molar-refractivity contribution in [2.24, 2.45) is 5.73 Å². The summed E-state index contributed by atoms with van der Waals surface area (Å²) in [6, 6.07) is 4.74. The van der Waals surface area contributed by atoms with E-state index in [-0.39, 0.29) is 17.2 Å². The minimum Gasteiger partial charge on any atom is -0.507 e. The Labute approximate surface area is 131 Å². The molecule has 0 aliphatic heterocycles. The molecule has 0 heterocycles. The Morgan fingerprint density at radius 2 is 2.00 bits per heavy atom. The van der Waals surface area contributed by atoms with Gasteiger partial charge in [-0.1, -0.05) is 47.4 Å². The molecule has 1 fully saturated rings. The van der Waals surface area contributed by atoms with Crippen LogP contribution in [0.2, 0.25) is 0 Å². The van der Waals surface area contributed by atoms with Crippen molar-refractivity contribution in [3.63, 3.8) is 0 Å². The lowest BCUT2D eigenvalue weighted by atomic mass is 9.81. The van der Waals surface area contributed by atoms with E-state index >= 15 is 0 Å². The normalized spacial score (nSPS) is 17.4. The van der Waals surface area contributed by atoms with Gasteiger partial charge in [0.05, 0.1) is 16.1 Å². The van der Waals surface area contributed by atoms with Gasteiger partial charge in [-0.3, -0.25) is 4.79 Å². The quantitative estimate of drug-likeness (QED) is 0.727. The monoisotopic (exact) mass is 356 g/mol. The maximum Gasteiger partial charge on any atom is 0.255 e. The average Bonchev–Trinajstić information content (AvgIpc) is 2.42. The molecule has 4 N–H and O–H groups in total. The zero-order chi connectivity index (χ0) is 14.8. The Morgan fingerprint density at radius 3 is 2.60 bits per heavy atom. The van der Waals surface area contributed by atoms with Gasteiger partial charge in [-0.2, -0.15) is 0 Å². The molecule has 0 bridgehead atoms. The van der Waals surface area contributed by atoms with Crippen LogP contribution >= 0.6 is 28.1 Å². The van der Waals surface area contributed by atoms with E-state index < -0.39 is 5.54 Å². The lowest BCUT2D eigenvalue weighted by Gasteiger charge is -2.37. The molecule has 1 amide bonds. The SMILES string of the molecule is NC(=S)C1(NC(=O)c2cc(Br)ccc2O)CCCCC1. The fraction of sp³-hybridized carbons (Fsp3) is 0.429. The van der Waals surface area contributed by atoms with Crippen molar-refractivity contribution in [3.8, 4) is 5.75 Å². The highest BCUT2D eigenvalue weighted by atomic mass is 79.9. The van der Waals surface area contributed by atoms with Crippen LogP contribution in [0.15, 0.2) is 22.7 Å². The maximum absolute atomic E-state index is 12.4. The summed E-state index contributed by atoms with van der Waals surface area (Å²) in [4.78, 5) is 12.7. The van der Waals surface area contributed by atoms with Crippen LogP contribution in [0.5, 0.6) is 5.75 Å². The minimum atomic E-state index is -0.626. The summed E-state index contributed by atoms with van der Waals surface area (Å²) in [6.07, 6.45) is 4.61. The second kappa shape index (κ2) is 6.10. The summed E-state index contributed by atoms with van der Waals surface area (Å²) in [5, 5.41) is 12.7. The van der Waals surface area contributed by atoms with Gasteiger partial charge in [-0.05, 0) is 31.0 Å². The number of halogens is 1. The largest absolute Gasteiger partial charge is 0.507 e. The minimum absolute atomic E-state index is 0.0559. The fourth-order valence-electron chi connectivity index (χ4n) is 2.56. The first kappa shape index (κ1) is 15.3. The number of carbonyl (C=O) groups excluding carboxylic acids is 1. The lowest BCUT2D eigenvalue weighted by molar-refractivity contribution is 0.0905. The highest BCUT2D eigenvalue weighted by Crippen LogP contribution is 2.30. The van der Waals surface area contributed by atoms with Crippen LogP contribution in [0.3, 0.4) is 0 Å². The molecule has 20 heavy (non-hydrogen) atoms. The summed E-state index contributed by atoms with van der Waals surface area (Å²) < 4.78 is 0.730. The van der Waals surface area contributed by atoms with Crippen LogP contribution in [0.4, 0.5) is 0 Å². The second-order valence-electron chi connectivity index (χ2n) is 5.12. The molecule has 6 heteroatoms. The number of thiocarbonyl (C=S) groups is 1. The van der Waals surface area contributed by atoms with E-state index in [1.54, 1.807) is 12.1 Å². The third-order valence-electron chi connectivity index (χ3n) is 3.73. The summed E-state index contributed by atoms with van der Waals surface area (Å²) in [5.41, 5.74) is 5.44. The molecule has 0 unspecified atom stereocenters. The van der Waals surface area contributed by atoms with Crippen molar-refractivity contribution in [3.05, 3.63) is 28.2 Å². The molecular weight excluding hydrogens is 340 g/mol. The van der Waals surface area contributed by atoms with Gasteiger partial charge in [0, 0.05) is 4.47 Å². The number of amides is 1. The van der Waals surface area contributed by atoms with Crippen LogP contribution in [0, 0.1) is 0 Å². The first-order valence-corrected chi connectivity index (χ1v) is 7.76. The molecule has 0 radical (unpaired) electrons. The molecule has 0 saturated heterocycles. The highest BCUT2D eigenvalue weighted by molar-refractivity contribution is 9.10. The molecule has 0 aromatic heterocycles. The Bertz CT molecular complexity index is 542. The Morgan fingerprint density at radius 1 is 1.35 bits per heavy atom. The van der Waals surface area contributed by atoms with Gasteiger partial charge in [0.15, 0.2) is 0 Å². The van der Waals surface area contributed by atoms with Gasteiger partial charge >= 0.3 is 0 Å². The van der Waals surface area contributed by atoms with Crippen molar-refractivity contribution in [1.82, 2.24) is 5.32 Å². The summed E-state index contributed by atoms with van der Waals surface area (Å²) >= 11 is 8.44. The topological polar surface area (TPSA) is 75.3 Å². The Kier molecular flexibility index (Phi) is 4.65. The number of carbonyl (C=O) groups is 1. The number of nitrogens with one attached hydrogen (secondary N) is 1. The van der Waals surface area contributed by atoms with E-state index in [1.807, 2.05) is 0 Å². The van der Waals surface area contributed by atoms with Crippen LogP contribution in [0.25, 0.3) is 0 Å². The maximum atomic E-state index is 12.4. The molecule has 108 valence electrons. The summed E-state index contributed by atoms with van der Waals surface area (Å²) in [5.74, 6) is -0.405. The van der Waals surface area contributed by atoms with Gasteiger partial charge in [0.2, 0.25) is 0 Å². The highest BCUT2D eigenvalue weighted by Gasteiger charge is 2.37.